The topological polar surface area (TPSA) is 53.4 Å². The second kappa shape index (κ2) is 6.74. The van der Waals surface area contributed by atoms with Gasteiger partial charge < -0.3 is 5.11 Å². The molecule has 1 N–H and O–H groups in total. The van der Waals surface area contributed by atoms with E-state index in [9.17, 15) is 23.1 Å². The average molecular weight is 352 g/mol. The van der Waals surface area contributed by atoms with Crippen LogP contribution in [-0.2, 0) is 6.18 Å². The number of carbonyl (C=O) groups is 1. The predicted octanol–water partition coefficient (Wildman–Crippen LogP) is 4.97. The van der Waals surface area contributed by atoms with Crippen LogP contribution in [0.4, 0.5) is 18.0 Å². The van der Waals surface area contributed by atoms with Crippen molar-refractivity contribution in [2.24, 2.45) is 0 Å². The maximum atomic E-state index is 12.8. The first-order valence-corrected chi connectivity index (χ1v) is 7.62. The van der Waals surface area contributed by atoms with Crippen molar-refractivity contribution in [3.8, 4) is 0 Å². The third kappa shape index (κ3) is 4.29. The number of alkyl halides is 3. The summed E-state index contributed by atoms with van der Waals surface area (Å²) in [6.45, 7) is 5.17. The number of hydrogen-bond donors (Lipinski definition) is 1. The van der Waals surface area contributed by atoms with Crippen molar-refractivity contribution in [3.05, 3.63) is 65.5 Å². The highest BCUT2D eigenvalue weighted by atomic mass is 19.4. The maximum Gasteiger partial charge on any atom is 0.416 e. The van der Waals surface area contributed by atoms with Gasteiger partial charge in [0.05, 0.1) is 11.3 Å². The van der Waals surface area contributed by atoms with Gasteiger partial charge in [0.1, 0.15) is 6.04 Å². The Kier molecular flexibility index (Phi) is 5.06. The molecule has 2 aromatic rings. The Hall–Kier alpha value is -2.57. The molecule has 2 rings (SSSR count). The lowest BCUT2D eigenvalue weighted by Gasteiger charge is -2.39. The van der Waals surface area contributed by atoms with Gasteiger partial charge in [-0.05, 0) is 50.6 Å². The molecule has 0 aliphatic heterocycles. The van der Waals surface area contributed by atoms with Gasteiger partial charge in [-0.2, -0.15) is 13.2 Å². The Labute approximate surface area is 143 Å². The van der Waals surface area contributed by atoms with E-state index >= 15 is 0 Å². The van der Waals surface area contributed by atoms with Crippen LogP contribution in [0.1, 0.15) is 43.6 Å². The van der Waals surface area contributed by atoms with Crippen molar-refractivity contribution in [3.63, 3.8) is 0 Å². The molecule has 4 nitrogen and oxygen atoms in total. The summed E-state index contributed by atoms with van der Waals surface area (Å²) in [5, 5.41) is 9.70. The highest BCUT2D eigenvalue weighted by molar-refractivity contribution is 5.67. The number of benzene rings is 1. The van der Waals surface area contributed by atoms with E-state index in [-0.39, 0.29) is 0 Å². The standard InChI is InChI=1S/C18H19F3N2O2/c1-17(2,3)23(16(24)25)15(14-6-4-5-11-22-14)12-7-9-13(10-8-12)18(19,20)21/h4-11,15H,1-3H3,(H,24,25). The first-order valence-electron chi connectivity index (χ1n) is 7.62. The van der Waals surface area contributed by atoms with E-state index in [0.717, 1.165) is 12.1 Å². The van der Waals surface area contributed by atoms with E-state index in [1.165, 1.54) is 23.2 Å². The lowest BCUT2D eigenvalue weighted by molar-refractivity contribution is -0.137. The van der Waals surface area contributed by atoms with Crippen LogP contribution in [-0.4, -0.2) is 26.6 Å². The summed E-state index contributed by atoms with van der Waals surface area (Å²) < 4.78 is 38.4. The van der Waals surface area contributed by atoms with Crippen molar-refractivity contribution >= 4 is 6.09 Å². The molecule has 1 heterocycles. The molecule has 134 valence electrons. The van der Waals surface area contributed by atoms with Gasteiger partial charge >= 0.3 is 12.3 Å². The molecule has 1 amide bonds. The molecule has 0 spiro atoms. The average Bonchev–Trinajstić information content (AvgIpc) is 2.51. The number of halogens is 3. The van der Waals surface area contributed by atoms with Crippen LogP contribution in [0.2, 0.25) is 0 Å². The van der Waals surface area contributed by atoms with E-state index < -0.39 is 29.4 Å². The van der Waals surface area contributed by atoms with Gasteiger partial charge in [0, 0.05) is 11.7 Å². The number of nitrogens with zero attached hydrogens (tertiary/aromatic N) is 2. The van der Waals surface area contributed by atoms with Crippen LogP contribution in [0.3, 0.4) is 0 Å². The lowest BCUT2D eigenvalue weighted by atomic mass is 9.95. The molecule has 1 aromatic heterocycles. The minimum absolute atomic E-state index is 0.420. The van der Waals surface area contributed by atoms with E-state index in [1.54, 1.807) is 39.0 Å². The molecule has 1 atom stereocenters. The summed E-state index contributed by atoms with van der Waals surface area (Å²) in [7, 11) is 0. The molecular weight excluding hydrogens is 333 g/mol. The summed E-state index contributed by atoms with van der Waals surface area (Å²) in [6.07, 6.45) is -4.10. The lowest BCUT2D eigenvalue weighted by Crippen LogP contribution is -2.47. The van der Waals surface area contributed by atoms with E-state index in [1.807, 2.05) is 0 Å². The van der Waals surface area contributed by atoms with Crippen molar-refractivity contribution in [2.45, 2.75) is 38.5 Å². The fourth-order valence-electron chi connectivity index (χ4n) is 2.63. The summed E-state index contributed by atoms with van der Waals surface area (Å²) in [6, 6.07) is 8.73. The van der Waals surface area contributed by atoms with E-state index in [0.29, 0.717) is 11.3 Å². The first-order chi connectivity index (χ1) is 11.5. The summed E-state index contributed by atoms with van der Waals surface area (Å²) in [5.74, 6) is 0. The third-order valence-corrected chi connectivity index (χ3v) is 3.71. The van der Waals surface area contributed by atoms with Crippen LogP contribution < -0.4 is 0 Å². The van der Waals surface area contributed by atoms with Crippen molar-refractivity contribution < 1.29 is 23.1 Å². The quantitative estimate of drug-likeness (QED) is 0.849. The normalized spacial score (nSPS) is 13.4. The van der Waals surface area contributed by atoms with Gasteiger partial charge in [0.2, 0.25) is 0 Å². The molecule has 1 unspecified atom stereocenters. The number of rotatable bonds is 3. The molecule has 0 bridgehead atoms. The molecular formula is C18H19F3N2O2. The Morgan fingerprint density at radius 2 is 1.68 bits per heavy atom. The molecule has 0 saturated heterocycles. The summed E-state index contributed by atoms with van der Waals surface area (Å²) in [4.78, 5) is 17.3. The third-order valence-electron chi connectivity index (χ3n) is 3.71. The van der Waals surface area contributed by atoms with E-state index in [2.05, 4.69) is 4.98 Å². The van der Waals surface area contributed by atoms with Gasteiger partial charge in [0.15, 0.2) is 0 Å². The Morgan fingerprint density at radius 1 is 1.08 bits per heavy atom. The van der Waals surface area contributed by atoms with Crippen LogP contribution in [0.5, 0.6) is 0 Å². The molecule has 1 aromatic carbocycles. The van der Waals surface area contributed by atoms with Gasteiger partial charge in [-0.1, -0.05) is 18.2 Å². The largest absolute Gasteiger partial charge is 0.465 e. The molecule has 7 heteroatoms. The van der Waals surface area contributed by atoms with Gasteiger partial charge in [-0.3, -0.25) is 9.88 Å². The summed E-state index contributed by atoms with van der Waals surface area (Å²) >= 11 is 0. The molecule has 25 heavy (non-hydrogen) atoms. The molecule has 0 aliphatic rings. The van der Waals surface area contributed by atoms with Crippen LogP contribution in [0.15, 0.2) is 48.7 Å². The maximum absolute atomic E-state index is 12.8. The SMILES string of the molecule is CC(C)(C)N(C(=O)O)C(c1ccc(C(F)(F)F)cc1)c1ccccn1. The number of carboxylic acid groups (broad SMARTS) is 1. The fraction of sp³-hybridized carbons (Fsp3) is 0.333. The Bertz CT molecular complexity index is 723. The zero-order valence-corrected chi connectivity index (χ0v) is 14.1. The highest BCUT2D eigenvalue weighted by Crippen LogP contribution is 2.35. The second-order valence-electron chi connectivity index (χ2n) is 6.60. The number of pyridine rings is 1. The fourth-order valence-corrected chi connectivity index (χ4v) is 2.63. The number of aromatic nitrogens is 1. The van der Waals surface area contributed by atoms with Crippen molar-refractivity contribution in [1.29, 1.82) is 0 Å². The zero-order chi connectivity index (χ0) is 18.8. The first kappa shape index (κ1) is 18.8. The zero-order valence-electron chi connectivity index (χ0n) is 14.1. The van der Waals surface area contributed by atoms with E-state index in [4.69, 9.17) is 0 Å². The molecule has 0 saturated carbocycles. The van der Waals surface area contributed by atoms with Crippen LogP contribution in [0, 0.1) is 0 Å². The van der Waals surface area contributed by atoms with Gasteiger partial charge in [-0.25, -0.2) is 4.79 Å². The molecule has 0 radical (unpaired) electrons. The van der Waals surface area contributed by atoms with Crippen molar-refractivity contribution in [1.82, 2.24) is 9.88 Å². The smallest absolute Gasteiger partial charge is 0.416 e. The van der Waals surface area contributed by atoms with Crippen LogP contribution >= 0.6 is 0 Å². The van der Waals surface area contributed by atoms with Crippen molar-refractivity contribution in [2.75, 3.05) is 0 Å². The Balaban J connectivity index is 2.58. The van der Waals surface area contributed by atoms with Gasteiger partial charge in [0.25, 0.3) is 0 Å². The highest BCUT2D eigenvalue weighted by Gasteiger charge is 2.37. The molecule has 0 aliphatic carbocycles. The van der Waals surface area contributed by atoms with Gasteiger partial charge in [-0.15, -0.1) is 0 Å². The minimum Gasteiger partial charge on any atom is -0.465 e. The van der Waals surface area contributed by atoms with Crippen LogP contribution in [0.25, 0.3) is 0 Å². The minimum atomic E-state index is -4.45. The second-order valence-corrected chi connectivity index (χ2v) is 6.60. The Morgan fingerprint density at radius 3 is 2.08 bits per heavy atom. The predicted molar refractivity (Wildman–Crippen MR) is 87.1 cm³/mol. The number of hydrogen-bond acceptors (Lipinski definition) is 2. The molecule has 0 fully saturated rings. The number of amides is 1. The monoisotopic (exact) mass is 352 g/mol. The summed E-state index contributed by atoms with van der Waals surface area (Å²) in [5.41, 5.74) is -0.700.